The molecule has 3 nitrogen and oxygen atoms in total. The molecule has 1 aromatic rings. The van der Waals surface area contributed by atoms with Crippen molar-refractivity contribution in [2.24, 2.45) is 17.3 Å². The van der Waals surface area contributed by atoms with Crippen LogP contribution in [0.4, 0.5) is 5.69 Å². The molecular formula is C21H25ClN2O. The molecular weight excluding hydrogens is 332 g/mol. The van der Waals surface area contributed by atoms with Crippen molar-refractivity contribution in [1.82, 2.24) is 0 Å². The van der Waals surface area contributed by atoms with E-state index in [1.807, 2.05) is 36.5 Å². The van der Waals surface area contributed by atoms with Crippen molar-refractivity contribution in [2.75, 3.05) is 5.32 Å². The molecule has 4 rings (SSSR count). The van der Waals surface area contributed by atoms with Crippen molar-refractivity contribution >= 4 is 23.2 Å². The number of hydrogen-bond acceptors (Lipinski definition) is 1. The van der Waals surface area contributed by atoms with E-state index in [1.165, 1.54) is 0 Å². The van der Waals surface area contributed by atoms with Crippen LogP contribution in [0.2, 0.25) is 0 Å². The van der Waals surface area contributed by atoms with Gasteiger partial charge in [-0.05, 0) is 37.8 Å². The summed E-state index contributed by atoms with van der Waals surface area (Å²) < 4.78 is 0. The predicted molar refractivity (Wildman–Crippen MR) is 101 cm³/mol. The smallest absolute Gasteiger partial charge is 0.242 e. The maximum atomic E-state index is 13.4. The second kappa shape index (κ2) is 4.99. The number of carbonyl (C=O) groups excluding carboxylic acids is 1. The van der Waals surface area contributed by atoms with E-state index in [1.54, 1.807) is 0 Å². The first-order valence-corrected chi connectivity index (χ1v) is 9.24. The molecule has 0 saturated heterocycles. The zero-order valence-electron chi connectivity index (χ0n) is 14.8. The fourth-order valence-electron chi connectivity index (χ4n) is 6.06. The zero-order valence-corrected chi connectivity index (χ0v) is 15.6. The van der Waals surface area contributed by atoms with Crippen LogP contribution < -0.4 is 10.6 Å². The number of quaternary nitrogens is 1. The van der Waals surface area contributed by atoms with E-state index >= 15 is 0 Å². The lowest BCUT2D eigenvalue weighted by Gasteiger charge is -2.45. The van der Waals surface area contributed by atoms with Crippen LogP contribution in [0, 0.1) is 24.3 Å². The lowest BCUT2D eigenvalue weighted by atomic mass is 9.65. The molecule has 3 N–H and O–H groups in total. The van der Waals surface area contributed by atoms with Crippen LogP contribution in [-0.2, 0) is 10.2 Å². The highest BCUT2D eigenvalue weighted by molar-refractivity contribution is 6.22. The number of anilines is 1. The lowest BCUT2D eigenvalue weighted by molar-refractivity contribution is -0.671. The standard InChI is InChI=1S/C21H25ClN2O/c1-6-19(4)16(22)11-13(12(2)3)17-20(21(17,19)23-5)14-9-7-8-10-15(14)24-18(20)25/h6-10,13,16-17H,1-2,5,11,23H2,3-4H3,(H,24,25)/t13-,16-,17+,19+,20+,21+/m0/s1. The molecule has 132 valence electrons. The van der Waals surface area contributed by atoms with E-state index in [9.17, 15) is 4.79 Å². The molecule has 1 aromatic carbocycles. The van der Waals surface area contributed by atoms with Crippen molar-refractivity contribution in [3.63, 3.8) is 0 Å². The average molecular weight is 357 g/mol. The number of amides is 1. The number of alkyl halides is 1. The van der Waals surface area contributed by atoms with Gasteiger partial charge in [0.05, 0.1) is 5.41 Å². The molecule has 0 radical (unpaired) electrons. The van der Waals surface area contributed by atoms with Gasteiger partial charge in [0.15, 0.2) is 0 Å². The summed E-state index contributed by atoms with van der Waals surface area (Å²) in [7, 11) is 4.18. The molecule has 6 atom stereocenters. The van der Waals surface area contributed by atoms with Gasteiger partial charge in [-0.1, -0.05) is 36.4 Å². The van der Waals surface area contributed by atoms with Crippen molar-refractivity contribution < 1.29 is 10.1 Å². The first-order chi connectivity index (χ1) is 11.8. The van der Waals surface area contributed by atoms with Crippen LogP contribution in [-0.4, -0.2) is 16.8 Å². The molecule has 1 spiro atoms. The number of carbonyl (C=O) groups is 1. The third-order valence-corrected chi connectivity index (χ3v) is 7.90. The molecule has 2 aliphatic carbocycles. The Hall–Kier alpha value is -1.58. The van der Waals surface area contributed by atoms with Gasteiger partial charge in [0.2, 0.25) is 5.91 Å². The minimum absolute atomic E-state index is 0.0590. The van der Waals surface area contributed by atoms with Crippen LogP contribution in [0.1, 0.15) is 25.8 Å². The van der Waals surface area contributed by atoms with Crippen molar-refractivity contribution in [1.29, 1.82) is 0 Å². The number of nitrogens with one attached hydrogen (secondary N) is 1. The highest BCUT2D eigenvalue weighted by atomic mass is 35.5. The number of fused-ring (bicyclic) bond motifs is 5. The molecule has 3 aliphatic rings. The Bertz CT molecular complexity index is 805. The SMILES string of the molecule is C=C[C@]1(C)[C@@H](Cl)C[C@@H](C(=C)C)[C@H]2[C@]1([NH2+][CH2-])[C@@]21C(=O)Nc2ccccc21. The summed E-state index contributed by atoms with van der Waals surface area (Å²) in [5, 5.41) is 4.96. The molecule has 1 heterocycles. The van der Waals surface area contributed by atoms with Crippen LogP contribution in [0.5, 0.6) is 0 Å². The number of hydrogen-bond donors (Lipinski definition) is 2. The summed E-state index contributed by atoms with van der Waals surface area (Å²) in [5.74, 6) is 0.353. The van der Waals surface area contributed by atoms with Gasteiger partial charge in [-0.25, -0.2) is 0 Å². The Morgan fingerprint density at radius 2 is 2.16 bits per heavy atom. The average Bonchev–Trinajstić information content (AvgIpc) is 3.13. The van der Waals surface area contributed by atoms with Gasteiger partial charge in [0.1, 0.15) is 11.0 Å². The van der Waals surface area contributed by atoms with Gasteiger partial charge >= 0.3 is 0 Å². The summed E-state index contributed by atoms with van der Waals surface area (Å²) in [6, 6.07) is 8.00. The van der Waals surface area contributed by atoms with Gasteiger partial charge in [-0.2, -0.15) is 7.05 Å². The van der Waals surface area contributed by atoms with Crippen molar-refractivity contribution in [3.05, 3.63) is 61.7 Å². The topological polar surface area (TPSA) is 45.7 Å². The molecule has 4 heteroatoms. The van der Waals surface area contributed by atoms with Gasteiger partial charge in [0, 0.05) is 17.0 Å². The number of rotatable bonds is 3. The number of allylic oxidation sites excluding steroid dienone is 1. The fraction of sp³-hybridized carbons (Fsp3) is 0.429. The molecule has 0 unspecified atom stereocenters. The van der Waals surface area contributed by atoms with Crippen molar-refractivity contribution in [2.45, 2.75) is 36.6 Å². The van der Waals surface area contributed by atoms with Crippen LogP contribution in [0.25, 0.3) is 0 Å². The van der Waals surface area contributed by atoms with Crippen LogP contribution >= 0.6 is 11.6 Å². The van der Waals surface area contributed by atoms with Crippen LogP contribution in [0.15, 0.2) is 49.1 Å². The monoisotopic (exact) mass is 356 g/mol. The molecule has 1 aliphatic heterocycles. The second-order valence-corrected chi connectivity index (χ2v) is 8.53. The molecule has 2 fully saturated rings. The Morgan fingerprint density at radius 1 is 1.48 bits per heavy atom. The number of benzene rings is 1. The minimum Gasteiger partial charge on any atom is -0.472 e. The third kappa shape index (κ3) is 1.56. The third-order valence-electron chi connectivity index (χ3n) is 7.27. The van der Waals surface area contributed by atoms with E-state index in [4.69, 9.17) is 11.6 Å². The summed E-state index contributed by atoms with van der Waals surface area (Å²) in [4.78, 5) is 13.4. The molecule has 2 saturated carbocycles. The first kappa shape index (κ1) is 16.9. The van der Waals surface area contributed by atoms with E-state index in [0.717, 1.165) is 23.2 Å². The number of halogens is 1. The van der Waals surface area contributed by atoms with E-state index in [-0.39, 0.29) is 23.1 Å². The van der Waals surface area contributed by atoms with Gasteiger partial charge in [0.25, 0.3) is 0 Å². The van der Waals surface area contributed by atoms with E-state index in [2.05, 4.69) is 38.5 Å². The van der Waals surface area contributed by atoms with E-state index in [0.29, 0.717) is 0 Å². The summed E-state index contributed by atoms with van der Waals surface area (Å²) >= 11 is 6.90. The Balaban J connectivity index is 2.03. The molecule has 0 bridgehead atoms. The highest BCUT2D eigenvalue weighted by Crippen LogP contribution is 2.77. The maximum absolute atomic E-state index is 13.4. The normalized spacial score (nSPS) is 44.0. The predicted octanol–water partition coefficient (Wildman–Crippen LogP) is 3.00. The summed E-state index contributed by atoms with van der Waals surface area (Å²) in [6.07, 6.45) is 2.74. The zero-order chi connectivity index (χ0) is 18.2. The van der Waals surface area contributed by atoms with Gasteiger partial charge in [-0.15, -0.1) is 18.2 Å². The maximum Gasteiger partial charge on any atom is 0.242 e. The summed E-state index contributed by atoms with van der Waals surface area (Å²) in [5.41, 5.74) is 1.55. The molecule has 1 amide bonds. The Morgan fingerprint density at radius 3 is 2.76 bits per heavy atom. The molecule has 0 aromatic heterocycles. The number of nitrogens with two attached hydrogens (primary N) is 1. The van der Waals surface area contributed by atoms with Gasteiger partial charge < -0.3 is 10.6 Å². The first-order valence-electron chi connectivity index (χ1n) is 8.80. The fourth-order valence-corrected chi connectivity index (χ4v) is 6.52. The molecule has 25 heavy (non-hydrogen) atoms. The number of para-hydroxylation sites is 1. The largest absolute Gasteiger partial charge is 0.472 e. The Labute approximate surface area is 154 Å². The second-order valence-electron chi connectivity index (χ2n) is 8.00. The van der Waals surface area contributed by atoms with Crippen molar-refractivity contribution in [3.8, 4) is 0 Å². The quantitative estimate of drug-likeness (QED) is 0.488. The van der Waals surface area contributed by atoms with E-state index < -0.39 is 16.4 Å². The minimum atomic E-state index is -0.637. The van der Waals surface area contributed by atoms with Crippen LogP contribution in [0.3, 0.4) is 0 Å². The lowest BCUT2D eigenvalue weighted by Crippen LogP contribution is -2.94. The Kier molecular flexibility index (Phi) is 3.36. The van der Waals surface area contributed by atoms with Gasteiger partial charge in [-0.3, -0.25) is 4.79 Å². The summed E-state index contributed by atoms with van der Waals surface area (Å²) in [6.45, 7) is 12.5. The highest BCUT2D eigenvalue weighted by Gasteiger charge is 2.92.